The van der Waals surface area contributed by atoms with E-state index in [-0.39, 0.29) is 10.6 Å². The second-order valence-corrected chi connectivity index (χ2v) is 8.31. The maximum absolute atomic E-state index is 12.8. The molecule has 2 amide bonds. The average molecular weight is 420 g/mol. The van der Waals surface area contributed by atoms with Crippen molar-refractivity contribution in [1.29, 1.82) is 0 Å². The van der Waals surface area contributed by atoms with Gasteiger partial charge in [0.25, 0.3) is 0 Å². The van der Waals surface area contributed by atoms with Crippen molar-refractivity contribution in [1.82, 2.24) is 9.97 Å². The second kappa shape index (κ2) is 6.87. The van der Waals surface area contributed by atoms with E-state index in [1.54, 1.807) is 11.8 Å². The molecule has 0 saturated heterocycles. The van der Waals surface area contributed by atoms with Crippen molar-refractivity contribution in [3.8, 4) is 0 Å². The Morgan fingerprint density at radius 3 is 2.48 bits per heavy atom. The summed E-state index contributed by atoms with van der Waals surface area (Å²) in [6, 6.07) is 17.1. The lowest BCUT2D eigenvalue weighted by Crippen LogP contribution is -2.34. The van der Waals surface area contributed by atoms with E-state index in [0.717, 1.165) is 21.1 Å². The summed E-state index contributed by atoms with van der Waals surface area (Å²) in [5.74, 6) is -0.731. The fraction of sp³-hybridized carbons (Fsp3) is 0. The van der Waals surface area contributed by atoms with Crippen LogP contribution in [0, 0.1) is 0 Å². The molecule has 2 aromatic carbocycles. The smallest absolute Gasteiger partial charge is 0.348 e. The number of hydrogen-bond donors (Lipinski definition) is 2. The molecule has 0 saturated carbocycles. The summed E-state index contributed by atoms with van der Waals surface area (Å²) in [6.07, 6.45) is 1.34. The summed E-state index contributed by atoms with van der Waals surface area (Å²) in [5, 5.41) is 12.7. The van der Waals surface area contributed by atoms with Crippen molar-refractivity contribution in [2.75, 3.05) is 10.2 Å². The Morgan fingerprint density at radius 2 is 1.76 bits per heavy atom. The third-order valence-electron chi connectivity index (χ3n) is 4.38. The molecule has 0 unspecified atom stereocenters. The maximum Gasteiger partial charge on any atom is 0.348 e. The largest absolute Gasteiger partial charge is 0.477 e. The van der Waals surface area contributed by atoms with E-state index in [2.05, 4.69) is 15.3 Å². The van der Waals surface area contributed by atoms with Crippen molar-refractivity contribution >= 4 is 62.5 Å². The summed E-state index contributed by atoms with van der Waals surface area (Å²) in [6.45, 7) is 0. The molecule has 0 fully saturated rings. The van der Waals surface area contributed by atoms with Gasteiger partial charge in [-0.2, -0.15) is 0 Å². The minimum Gasteiger partial charge on any atom is -0.477 e. The predicted octanol–water partition coefficient (Wildman–Crippen LogP) is 5.22. The fourth-order valence-electron chi connectivity index (χ4n) is 3.14. The number of anilines is 3. The topological polar surface area (TPSA) is 95.4 Å². The van der Waals surface area contributed by atoms with Crippen LogP contribution in [0.2, 0.25) is 0 Å². The Labute approximate surface area is 173 Å². The standard InChI is InChI=1S/C20H12N4O3S2/c25-19(26)16-15-14-17(21-10-22-18(14)29-16)24(20(27)23-15)11-6-8-13(9-7-11)28-12-4-2-1-3-5-12/h1-10H,(H,23,27)(H,25,26). The van der Waals surface area contributed by atoms with Crippen LogP contribution in [0.3, 0.4) is 0 Å². The zero-order valence-electron chi connectivity index (χ0n) is 14.7. The van der Waals surface area contributed by atoms with Gasteiger partial charge in [0.05, 0.1) is 16.8 Å². The normalized spacial score (nSPS) is 12.8. The highest BCUT2D eigenvalue weighted by Gasteiger charge is 2.33. The Hall–Kier alpha value is -3.43. The summed E-state index contributed by atoms with van der Waals surface area (Å²) in [4.78, 5) is 36.9. The summed E-state index contributed by atoms with van der Waals surface area (Å²) >= 11 is 2.64. The number of nitrogens with zero attached hydrogens (tertiary/aromatic N) is 3. The summed E-state index contributed by atoms with van der Waals surface area (Å²) < 4.78 is 0. The number of aromatic nitrogens is 2. The number of carboxylic acid groups (broad SMARTS) is 1. The molecular weight excluding hydrogens is 408 g/mol. The fourth-order valence-corrected chi connectivity index (χ4v) is 4.91. The van der Waals surface area contributed by atoms with E-state index in [0.29, 0.717) is 21.7 Å². The summed E-state index contributed by atoms with van der Waals surface area (Å²) in [7, 11) is 0. The molecule has 29 heavy (non-hydrogen) atoms. The molecule has 0 bridgehead atoms. The molecule has 7 nitrogen and oxygen atoms in total. The molecule has 1 aliphatic heterocycles. The lowest BCUT2D eigenvalue weighted by molar-refractivity contribution is 0.0703. The monoisotopic (exact) mass is 420 g/mol. The van der Waals surface area contributed by atoms with Gasteiger partial charge >= 0.3 is 12.0 Å². The number of rotatable bonds is 4. The number of carbonyl (C=O) groups excluding carboxylic acids is 1. The molecule has 0 radical (unpaired) electrons. The van der Waals surface area contributed by atoms with E-state index < -0.39 is 12.0 Å². The lowest BCUT2D eigenvalue weighted by Gasteiger charge is -2.27. The average Bonchev–Trinajstić information content (AvgIpc) is 3.10. The van der Waals surface area contributed by atoms with E-state index in [4.69, 9.17) is 0 Å². The zero-order valence-corrected chi connectivity index (χ0v) is 16.3. The number of aromatic carboxylic acids is 1. The van der Waals surface area contributed by atoms with E-state index in [1.807, 2.05) is 54.6 Å². The van der Waals surface area contributed by atoms with Crippen LogP contribution in [0.25, 0.3) is 10.2 Å². The third kappa shape index (κ3) is 3.00. The number of carboxylic acids is 1. The molecule has 0 spiro atoms. The SMILES string of the molecule is O=C(O)c1sc2ncnc3c2c1NC(=O)N3c1ccc(Sc2ccccc2)cc1. The number of thiophene rings is 1. The van der Waals surface area contributed by atoms with Gasteiger partial charge in [-0.1, -0.05) is 30.0 Å². The Kier molecular flexibility index (Phi) is 4.18. The van der Waals surface area contributed by atoms with Crippen LogP contribution in [0.5, 0.6) is 0 Å². The van der Waals surface area contributed by atoms with E-state index >= 15 is 0 Å². The highest BCUT2D eigenvalue weighted by Crippen LogP contribution is 2.44. The molecule has 5 rings (SSSR count). The van der Waals surface area contributed by atoms with Crippen LogP contribution in [0.1, 0.15) is 9.67 Å². The number of carbonyl (C=O) groups is 2. The number of hydrogen-bond acceptors (Lipinski definition) is 6. The quantitative estimate of drug-likeness (QED) is 0.470. The van der Waals surface area contributed by atoms with Crippen LogP contribution < -0.4 is 10.2 Å². The number of urea groups is 1. The number of nitrogens with one attached hydrogen (secondary N) is 1. The zero-order chi connectivity index (χ0) is 20.0. The van der Waals surface area contributed by atoms with Gasteiger partial charge in [0, 0.05) is 9.79 Å². The van der Waals surface area contributed by atoms with Crippen molar-refractivity contribution in [3.05, 3.63) is 65.8 Å². The minimum absolute atomic E-state index is 0.0457. The number of benzene rings is 2. The first-order valence-corrected chi connectivity index (χ1v) is 10.2. The molecule has 2 N–H and O–H groups in total. The third-order valence-corrected chi connectivity index (χ3v) is 6.48. The van der Waals surface area contributed by atoms with Crippen LogP contribution in [-0.2, 0) is 0 Å². The van der Waals surface area contributed by atoms with E-state index in [9.17, 15) is 14.7 Å². The Balaban J connectivity index is 1.54. The highest BCUT2D eigenvalue weighted by atomic mass is 32.2. The second-order valence-electron chi connectivity index (χ2n) is 6.16. The van der Waals surface area contributed by atoms with Gasteiger partial charge in [0.2, 0.25) is 0 Å². The first kappa shape index (κ1) is 17.7. The van der Waals surface area contributed by atoms with Crippen LogP contribution >= 0.6 is 23.1 Å². The molecule has 2 aromatic heterocycles. The summed E-state index contributed by atoms with van der Waals surface area (Å²) in [5.41, 5.74) is 0.888. The van der Waals surface area contributed by atoms with Gasteiger partial charge in [0.15, 0.2) is 5.82 Å². The molecule has 1 aliphatic rings. The highest BCUT2D eigenvalue weighted by molar-refractivity contribution is 7.99. The predicted molar refractivity (Wildman–Crippen MR) is 113 cm³/mol. The molecule has 142 valence electrons. The van der Waals surface area contributed by atoms with E-state index in [1.165, 1.54) is 11.2 Å². The van der Waals surface area contributed by atoms with Gasteiger partial charge in [0.1, 0.15) is 16.0 Å². The molecular formula is C20H12N4O3S2. The van der Waals surface area contributed by atoms with Crippen molar-refractivity contribution in [2.45, 2.75) is 9.79 Å². The van der Waals surface area contributed by atoms with Gasteiger partial charge in [-0.05, 0) is 36.4 Å². The molecule has 4 aromatic rings. The van der Waals surface area contributed by atoms with Gasteiger partial charge in [-0.25, -0.2) is 24.5 Å². The Morgan fingerprint density at radius 1 is 1.03 bits per heavy atom. The molecule has 0 atom stereocenters. The maximum atomic E-state index is 12.8. The first-order chi connectivity index (χ1) is 14.1. The van der Waals surface area contributed by atoms with Crippen molar-refractivity contribution < 1.29 is 14.7 Å². The van der Waals surface area contributed by atoms with Gasteiger partial charge in [-0.15, -0.1) is 11.3 Å². The van der Waals surface area contributed by atoms with Crippen molar-refractivity contribution in [2.24, 2.45) is 0 Å². The minimum atomic E-state index is -1.11. The number of amides is 2. The first-order valence-electron chi connectivity index (χ1n) is 8.56. The van der Waals surface area contributed by atoms with Crippen LogP contribution in [-0.4, -0.2) is 27.1 Å². The molecule has 9 heteroatoms. The Bertz CT molecular complexity index is 1260. The van der Waals surface area contributed by atoms with Crippen LogP contribution in [0.4, 0.5) is 22.0 Å². The lowest BCUT2D eigenvalue weighted by atomic mass is 10.2. The van der Waals surface area contributed by atoms with Crippen LogP contribution in [0.15, 0.2) is 70.7 Å². The molecule has 0 aliphatic carbocycles. The molecule has 3 heterocycles. The van der Waals surface area contributed by atoms with Gasteiger partial charge < -0.3 is 10.4 Å². The van der Waals surface area contributed by atoms with Crippen molar-refractivity contribution in [3.63, 3.8) is 0 Å². The van der Waals surface area contributed by atoms with Gasteiger partial charge in [-0.3, -0.25) is 0 Å².